The van der Waals surface area contributed by atoms with Crippen LogP contribution in [0.2, 0.25) is 0 Å². The second kappa shape index (κ2) is 8.57. The van der Waals surface area contributed by atoms with E-state index in [0.717, 1.165) is 23.5 Å². The minimum atomic E-state index is -0.288. The Labute approximate surface area is 155 Å². The van der Waals surface area contributed by atoms with E-state index in [1.165, 1.54) is 10.9 Å². The summed E-state index contributed by atoms with van der Waals surface area (Å²) in [5, 5.41) is 7.54. The summed E-state index contributed by atoms with van der Waals surface area (Å²) in [5.41, 5.74) is 1.32. The van der Waals surface area contributed by atoms with Gasteiger partial charge in [0.2, 0.25) is 0 Å². The van der Waals surface area contributed by atoms with Crippen molar-refractivity contribution in [3.05, 3.63) is 64.4 Å². The lowest BCUT2D eigenvalue weighted by molar-refractivity contribution is 0.615. The molecule has 0 bridgehead atoms. The highest BCUT2D eigenvalue weighted by Crippen LogP contribution is 2.15. The van der Waals surface area contributed by atoms with Gasteiger partial charge in [-0.15, -0.1) is 11.3 Å². The number of rotatable bonds is 6. The number of imidazole rings is 1. The quantitative estimate of drug-likeness (QED) is 0.516. The summed E-state index contributed by atoms with van der Waals surface area (Å²) < 4.78 is 15.9. The van der Waals surface area contributed by atoms with Gasteiger partial charge >= 0.3 is 0 Å². The molecule has 26 heavy (non-hydrogen) atoms. The Morgan fingerprint density at radius 2 is 2.23 bits per heavy atom. The number of aryl methyl sites for hydroxylation is 1. The molecule has 1 aromatic carbocycles. The predicted molar refractivity (Wildman–Crippen MR) is 102 cm³/mol. The van der Waals surface area contributed by atoms with Gasteiger partial charge in [0.1, 0.15) is 5.82 Å². The molecule has 3 aromatic rings. The Kier molecular flexibility index (Phi) is 5.96. The first kappa shape index (κ1) is 18.1. The van der Waals surface area contributed by atoms with E-state index in [1.54, 1.807) is 47.7 Å². The SMILES string of the molecule is CN=C(NCCc1ncc(C)s1)NCc1ccc(-n2ccnc2)c(F)c1. The van der Waals surface area contributed by atoms with Crippen molar-refractivity contribution in [1.29, 1.82) is 0 Å². The van der Waals surface area contributed by atoms with E-state index in [1.807, 2.05) is 19.2 Å². The Morgan fingerprint density at radius 3 is 2.88 bits per heavy atom. The molecule has 0 aliphatic carbocycles. The second-order valence-corrected chi connectivity index (χ2v) is 7.04. The number of hydrogen-bond donors (Lipinski definition) is 2. The van der Waals surface area contributed by atoms with Gasteiger partial charge in [0.25, 0.3) is 0 Å². The minimum absolute atomic E-state index is 0.288. The average molecular weight is 372 g/mol. The van der Waals surface area contributed by atoms with Crippen LogP contribution < -0.4 is 10.6 Å². The molecule has 0 unspecified atom stereocenters. The summed E-state index contributed by atoms with van der Waals surface area (Å²) in [6.07, 6.45) is 7.64. The topological polar surface area (TPSA) is 67.1 Å². The second-order valence-electron chi connectivity index (χ2n) is 5.72. The molecule has 0 amide bonds. The van der Waals surface area contributed by atoms with Crippen molar-refractivity contribution in [2.75, 3.05) is 13.6 Å². The molecule has 2 N–H and O–H groups in total. The molecule has 0 saturated heterocycles. The zero-order valence-corrected chi connectivity index (χ0v) is 15.6. The molecule has 2 heterocycles. The number of halogens is 1. The summed E-state index contributed by atoms with van der Waals surface area (Å²) in [7, 11) is 1.71. The van der Waals surface area contributed by atoms with Gasteiger partial charge in [-0.1, -0.05) is 6.07 Å². The van der Waals surface area contributed by atoms with Crippen LogP contribution in [0.5, 0.6) is 0 Å². The van der Waals surface area contributed by atoms with E-state index in [-0.39, 0.29) is 5.82 Å². The zero-order chi connectivity index (χ0) is 18.4. The Morgan fingerprint density at radius 1 is 1.35 bits per heavy atom. The van der Waals surface area contributed by atoms with Crippen LogP contribution in [0, 0.1) is 12.7 Å². The molecule has 0 aliphatic heterocycles. The number of nitrogens with zero attached hydrogens (tertiary/aromatic N) is 4. The number of nitrogens with one attached hydrogen (secondary N) is 2. The fourth-order valence-corrected chi connectivity index (χ4v) is 3.27. The fraction of sp³-hybridized carbons (Fsp3) is 0.278. The molecule has 0 aliphatic rings. The summed E-state index contributed by atoms with van der Waals surface area (Å²) in [6.45, 7) is 3.27. The molecule has 2 aromatic heterocycles. The molecule has 0 saturated carbocycles. The van der Waals surface area contributed by atoms with Gasteiger partial charge in [-0.2, -0.15) is 0 Å². The lowest BCUT2D eigenvalue weighted by Gasteiger charge is -2.12. The summed E-state index contributed by atoms with van der Waals surface area (Å²) in [6, 6.07) is 5.15. The van der Waals surface area contributed by atoms with Crippen LogP contribution in [-0.4, -0.2) is 34.1 Å². The van der Waals surface area contributed by atoms with Crippen LogP contribution in [0.15, 0.2) is 48.1 Å². The van der Waals surface area contributed by atoms with Crippen molar-refractivity contribution >= 4 is 17.3 Å². The van der Waals surface area contributed by atoms with Crippen molar-refractivity contribution in [3.63, 3.8) is 0 Å². The molecule has 0 atom stereocenters. The number of thiazole rings is 1. The third-order valence-corrected chi connectivity index (χ3v) is 4.75. The van der Waals surface area contributed by atoms with E-state index in [9.17, 15) is 4.39 Å². The fourth-order valence-electron chi connectivity index (χ4n) is 2.48. The largest absolute Gasteiger partial charge is 0.356 e. The van der Waals surface area contributed by atoms with E-state index < -0.39 is 0 Å². The molecule has 136 valence electrons. The molecular formula is C18H21FN6S. The lowest BCUT2D eigenvalue weighted by atomic mass is 10.2. The van der Waals surface area contributed by atoms with Crippen LogP contribution in [0.3, 0.4) is 0 Å². The maximum atomic E-state index is 14.3. The first-order chi connectivity index (χ1) is 12.7. The van der Waals surface area contributed by atoms with Crippen molar-refractivity contribution in [2.45, 2.75) is 19.9 Å². The number of benzene rings is 1. The van der Waals surface area contributed by atoms with Gasteiger partial charge in [-0.05, 0) is 24.6 Å². The first-order valence-electron chi connectivity index (χ1n) is 8.28. The Hall–Kier alpha value is -2.74. The van der Waals surface area contributed by atoms with E-state index in [2.05, 4.69) is 25.6 Å². The van der Waals surface area contributed by atoms with Crippen LogP contribution in [0.1, 0.15) is 15.4 Å². The van der Waals surface area contributed by atoms with E-state index in [0.29, 0.717) is 18.2 Å². The number of hydrogen-bond acceptors (Lipinski definition) is 4. The summed E-state index contributed by atoms with van der Waals surface area (Å²) in [4.78, 5) is 13.7. The van der Waals surface area contributed by atoms with Gasteiger partial charge in [0, 0.05) is 50.0 Å². The summed E-state index contributed by atoms with van der Waals surface area (Å²) in [5.74, 6) is 0.391. The third kappa shape index (κ3) is 4.66. The van der Waals surface area contributed by atoms with E-state index >= 15 is 0 Å². The number of guanidine groups is 1. The van der Waals surface area contributed by atoms with Gasteiger partial charge in [-0.25, -0.2) is 14.4 Å². The standard InChI is InChI=1S/C18H21FN6S/c1-13-10-23-17(26-13)5-6-22-18(20-2)24-11-14-3-4-16(15(19)9-14)25-8-7-21-12-25/h3-4,7-10,12H,5-6,11H2,1-2H3,(H2,20,22,24). The van der Waals surface area contributed by atoms with Gasteiger partial charge in [0.15, 0.2) is 5.96 Å². The van der Waals surface area contributed by atoms with E-state index in [4.69, 9.17) is 0 Å². The zero-order valence-electron chi connectivity index (χ0n) is 14.7. The minimum Gasteiger partial charge on any atom is -0.356 e. The molecule has 0 radical (unpaired) electrons. The van der Waals surface area contributed by atoms with Crippen molar-refractivity contribution in [3.8, 4) is 5.69 Å². The Bertz CT molecular complexity index is 872. The van der Waals surface area contributed by atoms with Crippen LogP contribution in [0.4, 0.5) is 4.39 Å². The van der Waals surface area contributed by atoms with Crippen molar-refractivity contribution < 1.29 is 4.39 Å². The molecule has 6 nitrogen and oxygen atoms in total. The Balaban J connectivity index is 1.51. The monoisotopic (exact) mass is 372 g/mol. The normalized spacial score (nSPS) is 11.6. The molecule has 0 fully saturated rings. The molecule has 8 heteroatoms. The predicted octanol–water partition coefficient (Wildman–Crippen LogP) is 2.68. The third-order valence-electron chi connectivity index (χ3n) is 3.78. The highest BCUT2D eigenvalue weighted by atomic mass is 32.1. The maximum Gasteiger partial charge on any atom is 0.191 e. The first-order valence-corrected chi connectivity index (χ1v) is 9.10. The smallest absolute Gasteiger partial charge is 0.191 e. The lowest BCUT2D eigenvalue weighted by Crippen LogP contribution is -2.37. The van der Waals surface area contributed by atoms with Gasteiger partial charge in [-0.3, -0.25) is 4.99 Å². The number of aromatic nitrogens is 3. The van der Waals surface area contributed by atoms with Crippen LogP contribution in [-0.2, 0) is 13.0 Å². The van der Waals surface area contributed by atoms with Crippen molar-refractivity contribution in [2.24, 2.45) is 4.99 Å². The molecule has 3 rings (SSSR count). The van der Waals surface area contributed by atoms with Gasteiger partial charge in [0.05, 0.1) is 17.0 Å². The maximum absolute atomic E-state index is 14.3. The average Bonchev–Trinajstić information content (AvgIpc) is 3.30. The van der Waals surface area contributed by atoms with Crippen molar-refractivity contribution in [1.82, 2.24) is 25.2 Å². The molecular weight excluding hydrogens is 351 g/mol. The number of aliphatic imine (C=N–C) groups is 1. The highest BCUT2D eigenvalue weighted by Gasteiger charge is 2.06. The van der Waals surface area contributed by atoms with Crippen LogP contribution >= 0.6 is 11.3 Å². The van der Waals surface area contributed by atoms with Crippen LogP contribution in [0.25, 0.3) is 5.69 Å². The molecule has 0 spiro atoms. The highest BCUT2D eigenvalue weighted by molar-refractivity contribution is 7.11. The van der Waals surface area contributed by atoms with Gasteiger partial charge < -0.3 is 15.2 Å². The summed E-state index contributed by atoms with van der Waals surface area (Å²) >= 11 is 1.70.